The second kappa shape index (κ2) is 9.18. The predicted octanol–water partition coefficient (Wildman–Crippen LogP) is 8.09. The lowest BCUT2D eigenvalue weighted by atomic mass is 10.2. The average Bonchev–Trinajstić information content (AvgIpc) is 3.46. The van der Waals surface area contributed by atoms with Gasteiger partial charge >= 0.3 is 0 Å². The van der Waals surface area contributed by atoms with E-state index in [0.29, 0.717) is 49.8 Å². The molecule has 0 radical (unpaired) electrons. The zero-order chi connectivity index (χ0) is 23.8. The van der Waals surface area contributed by atoms with Crippen LogP contribution in [0.3, 0.4) is 0 Å². The van der Waals surface area contributed by atoms with Crippen LogP contribution in [0.25, 0.3) is 33.9 Å². The van der Waals surface area contributed by atoms with E-state index in [-0.39, 0.29) is 5.76 Å². The molecular formula is C25H15BrCl2N2O4. The van der Waals surface area contributed by atoms with Crippen LogP contribution < -0.4 is 10.1 Å². The highest BCUT2D eigenvalue weighted by Crippen LogP contribution is 2.33. The van der Waals surface area contributed by atoms with Crippen molar-refractivity contribution in [2.24, 2.45) is 0 Å². The van der Waals surface area contributed by atoms with Crippen LogP contribution in [0.4, 0.5) is 5.69 Å². The fourth-order valence-electron chi connectivity index (χ4n) is 3.41. The molecule has 1 amide bonds. The molecular weight excluding hydrogens is 543 g/mol. The highest BCUT2D eigenvalue weighted by molar-refractivity contribution is 9.10. The lowest BCUT2D eigenvalue weighted by Crippen LogP contribution is -2.10. The van der Waals surface area contributed by atoms with Crippen molar-refractivity contribution >= 4 is 61.8 Å². The maximum absolute atomic E-state index is 12.7. The molecule has 34 heavy (non-hydrogen) atoms. The van der Waals surface area contributed by atoms with Crippen LogP contribution in [0, 0.1) is 0 Å². The molecule has 0 saturated carbocycles. The number of furan rings is 1. The van der Waals surface area contributed by atoms with Gasteiger partial charge in [-0.25, -0.2) is 4.98 Å². The van der Waals surface area contributed by atoms with Crippen LogP contribution in [0.5, 0.6) is 5.75 Å². The van der Waals surface area contributed by atoms with Crippen molar-refractivity contribution in [1.29, 1.82) is 0 Å². The minimum absolute atomic E-state index is 0.144. The lowest BCUT2D eigenvalue weighted by molar-refractivity contribution is 0.0997. The summed E-state index contributed by atoms with van der Waals surface area (Å²) in [4.78, 5) is 17.3. The van der Waals surface area contributed by atoms with E-state index in [1.807, 2.05) is 18.2 Å². The van der Waals surface area contributed by atoms with Gasteiger partial charge in [0.1, 0.15) is 17.0 Å². The van der Waals surface area contributed by atoms with Gasteiger partial charge in [-0.3, -0.25) is 4.79 Å². The van der Waals surface area contributed by atoms with Crippen LogP contribution in [-0.4, -0.2) is 18.0 Å². The number of halogens is 3. The summed E-state index contributed by atoms with van der Waals surface area (Å²) in [5.74, 6) is 1.37. The first-order valence-corrected chi connectivity index (χ1v) is 11.6. The SMILES string of the molecule is COc1ccc(-c2nc3cc(NC(=O)c4ccc(-c5ccc(Cl)cc5Cl)o4)ccc3o2)cc1Br. The molecule has 6 nitrogen and oxygen atoms in total. The Morgan fingerprint density at radius 1 is 1.00 bits per heavy atom. The van der Waals surface area contributed by atoms with Gasteiger partial charge < -0.3 is 18.9 Å². The van der Waals surface area contributed by atoms with E-state index >= 15 is 0 Å². The van der Waals surface area contributed by atoms with E-state index in [1.165, 1.54) is 0 Å². The van der Waals surface area contributed by atoms with Gasteiger partial charge in [-0.15, -0.1) is 0 Å². The van der Waals surface area contributed by atoms with E-state index in [9.17, 15) is 4.79 Å². The minimum Gasteiger partial charge on any atom is -0.496 e. The Hall–Kier alpha value is -3.26. The second-order valence-corrected chi connectivity index (χ2v) is 8.99. The molecule has 0 atom stereocenters. The molecule has 0 fully saturated rings. The smallest absolute Gasteiger partial charge is 0.291 e. The number of hydrogen-bond acceptors (Lipinski definition) is 5. The van der Waals surface area contributed by atoms with Gasteiger partial charge in [0, 0.05) is 21.8 Å². The number of benzene rings is 3. The summed E-state index contributed by atoms with van der Waals surface area (Å²) in [7, 11) is 1.60. The number of oxazole rings is 1. The molecule has 0 saturated heterocycles. The molecule has 1 N–H and O–H groups in total. The van der Waals surface area contributed by atoms with Crippen molar-refractivity contribution < 1.29 is 18.4 Å². The van der Waals surface area contributed by atoms with Crippen molar-refractivity contribution in [2.45, 2.75) is 0 Å². The number of nitrogens with one attached hydrogen (secondary N) is 1. The third-order valence-electron chi connectivity index (χ3n) is 5.07. The van der Waals surface area contributed by atoms with Gasteiger partial charge in [0.25, 0.3) is 5.91 Å². The van der Waals surface area contributed by atoms with Crippen LogP contribution >= 0.6 is 39.1 Å². The van der Waals surface area contributed by atoms with Crippen molar-refractivity contribution in [3.8, 4) is 28.5 Å². The molecule has 5 rings (SSSR count). The van der Waals surface area contributed by atoms with E-state index in [2.05, 4.69) is 26.2 Å². The Balaban J connectivity index is 1.36. The van der Waals surface area contributed by atoms with Crippen LogP contribution in [-0.2, 0) is 0 Å². The van der Waals surface area contributed by atoms with E-state index < -0.39 is 5.91 Å². The number of carbonyl (C=O) groups is 1. The number of hydrogen-bond donors (Lipinski definition) is 1. The molecule has 0 aliphatic rings. The lowest BCUT2D eigenvalue weighted by Gasteiger charge is -2.03. The fourth-order valence-corrected chi connectivity index (χ4v) is 4.46. The summed E-state index contributed by atoms with van der Waals surface area (Å²) >= 11 is 15.7. The normalized spacial score (nSPS) is 11.1. The van der Waals surface area contributed by atoms with E-state index in [1.54, 1.807) is 55.6 Å². The Bertz CT molecular complexity index is 1540. The van der Waals surface area contributed by atoms with Crippen molar-refractivity contribution in [2.75, 3.05) is 12.4 Å². The molecule has 2 aromatic heterocycles. The summed E-state index contributed by atoms with van der Waals surface area (Å²) in [5.41, 5.74) is 3.19. The van der Waals surface area contributed by atoms with Gasteiger partial charge in [0.05, 0.1) is 16.6 Å². The molecule has 5 aromatic rings. The van der Waals surface area contributed by atoms with Gasteiger partial charge in [-0.1, -0.05) is 23.2 Å². The highest BCUT2D eigenvalue weighted by Gasteiger charge is 2.16. The van der Waals surface area contributed by atoms with Gasteiger partial charge in [-0.2, -0.15) is 0 Å². The standard InChI is InChI=1S/C25H15BrCl2N2O4/c1-32-21-6-2-13(10-17(21)26)25-30-19-12-15(4-7-22(19)34-25)29-24(31)23-9-8-20(33-23)16-5-3-14(27)11-18(16)28/h2-12H,1H3,(H,29,31). The fraction of sp³-hybridized carbons (Fsp3) is 0.0400. The largest absolute Gasteiger partial charge is 0.496 e. The van der Waals surface area contributed by atoms with Gasteiger partial charge in [0.2, 0.25) is 5.89 Å². The van der Waals surface area contributed by atoms with E-state index in [0.717, 1.165) is 10.0 Å². The van der Waals surface area contributed by atoms with Crippen LogP contribution in [0.2, 0.25) is 10.0 Å². The van der Waals surface area contributed by atoms with Gasteiger partial charge in [0.15, 0.2) is 11.3 Å². The van der Waals surface area contributed by atoms with E-state index in [4.69, 9.17) is 36.8 Å². The number of methoxy groups -OCH3 is 1. The number of carbonyl (C=O) groups excluding carboxylic acids is 1. The predicted molar refractivity (Wildman–Crippen MR) is 136 cm³/mol. The first kappa shape index (κ1) is 22.5. The minimum atomic E-state index is -0.404. The molecule has 3 aromatic carbocycles. The summed E-state index contributed by atoms with van der Waals surface area (Å²) in [5, 5.41) is 3.77. The Morgan fingerprint density at radius 2 is 1.85 bits per heavy atom. The zero-order valence-corrected chi connectivity index (χ0v) is 20.7. The Morgan fingerprint density at radius 3 is 2.62 bits per heavy atom. The van der Waals surface area contributed by atoms with Crippen molar-refractivity contribution in [3.63, 3.8) is 0 Å². The number of rotatable bonds is 5. The number of anilines is 1. The van der Waals surface area contributed by atoms with Crippen LogP contribution in [0.1, 0.15) is 10.6 Å². The second-order valence-electron chi connectivity index (χ2n) is 7.29. The number of ether oxygens (including phenoxy) is 1. The molecule has 0 aliphatic heterocycles. The van der Waals surface area contributed by atoms with Crippen LogP contribution in [0.15, 0.2) is 80.0 Å². The quantitative estimate of drug-likeness (QED) is 0.236. The molecule has 9 heteroatoms. The first-order chi connectivity index (χ1) is 16.4. The highest BCUT2D eigenvalue weighted by atomic mass is 79.9. The molecule has 2 heterocycles. The summed E-state index contributed by atoms with van der Waals surface area (Å²) in [6.45, 7) is 0. The molecule has 0 unspecified atom stereocenters. The Kier molecular flexibility index (Phi) is 6.08. The van der Waals surface area contributed by atoms with Crippen molar-refractivity contribution in [3.05, 3.63) is 87.0 Å². The van der Waals surface area contributed by atoms with Crippen molar-refractivity contribution in [1.82, 2.24) is 4.98 Å². The topological polar surface area (TPSA) is 77.5 Å². The third kappa shape index (κ3) is 4.42. The maximum Gasteiger partial charge on any atom is 0.291 e. The first-order valence-electron chi connectivity index (χ1n) is 10.0. The maximum atomic E-state index is 12.7. The Labute approximate surface area is 212 Å². The molecule has 0 aliphatic carbocycles. The number of aromatic nitrogens is 1. The number of nitrogens with zero attached hydrogens (tertiary/aromatic N) is 1. The summed E-state index contributed by atoms with van der Waals surface area (Å²) in [6, 6.07) is 19.1. The number of fused-ring (bicyclic) bond motifs is 1. The molecule has 170 valence electrons. The third-order valence-corrected chi connectivity index (χ3v) is 6.24. The van der Waals surface area contributed by atoms with Gasteiger partial charge in [-0.05, 0) is 82.7 Å². The summed E-state index contributed by atoms with van der Waals surface area (Å²) in [6.07, 6.45) is 0. The monoisotopic (exact) mass is 556 g/mol. The molecule has 0 bridgehead atoms. The molecule has 0 spiro atoms. The zero-order valence-electron chi connectivity index (χ0n) is 17.6. The number of amides is 1. The summed E-state index contributed by atoms with van der Waals surface area (Å²) < 4.78 is 17.6. The average molecular weight is 558 g/mol.